The standard InChI is InChI=1S/C7H7IN2O2/c1-12-7(11)6-4-9-3-5(2-8)10-6/h3-4H,2H2,1H3. The van der Waals surface area contributed by atoms with Gasteiger partial charge < -0.3 is 4.74 Å². The normalized spacial score (nSPS) is 9.50. The summed E-state index contributed by atoms with van der Waals surface area (Å²) >= 11 is 2.15. The second kappa shape index (κ2) is 4.34. The summed E-state index contributed by atoms with van der Waals surface area (Å²) in [4.78, 5) is 18.8. The minimum atomic E-state index is -0.450. The molecule has 0 aromatic carbocycles. The number of hydrogen-bond donors (Lipinski definition) is 0. The van der Waals surface area contributed by atoms with Crippen LogP contribution in [0.25, 0.3) is 0 Å². The van der Waals surface area contributed by atoms with Gasteiger partial charge in [-0.2, -0.15) is 0 Å². The van der Waals surface area contributed by atoms with Gasteiger partial charge in [0.1, 0.15) is 0 Å². The van der Waals surface area contributed by atoms with Gasteiger partial charge >= 0.3 is 5.97 Å². The highest BCUT2D eigenvalue weighted by Gasteiger charge is 2.07. The lowest BCUT2D eigenvalue weighted by Crippen LogP contribution is -2.06. The highest BCUT2D eigenvalue weighted by Crippen LogP contribution is 2.02. The molecule has 1 rings (SSSR count). The third kappa shape index (κ3) is 2.13. The molecule has 0 radical (unpaired) electrons. The van der Waals surface area contributed by atoms with Crippen LogP contribution in [0.3, 0.4) is 0 Å². The summed E-state index contributed by atoms with van der Waals surface area (Å²) in [5, 5.41) is 0. The van der Waals surface area contributed by atoms with E-state index in [9.17, 15) is 4.79 Å². The maximum atomic E-state index is 11.0. The number of carbonyl (C=O) groups excluding carboxylic acids is 1. The summed E-state index contributed by atoms with van der Waals surface area (Å²) in [6.45, 7) is 0. The van der Waals surface area contributed by atoms with Crippen LogP contribution in [0, 0.1) is 0 Å². The number of aromatic nitrogens is 2. The van der Waals surface area contributed by atoms with Gasteiger partial charge in [-0.15, -0.1) is 0 Å². The zero-order valence-corrected chi connectivity index (χ0v) is 8.61. The maximum Gasteiger partial charge on any atom is 0.358 e. The SMILES string of the molecule is COC(=O)c1cncc(CI)n1. The van der Waals surface area contributed by atoms with Gasteiger partial charge in [0.15, 0.2) is 5.69 Å². The third-order valence-corrected chi connectivity index (χ3v) is 2.00. The average Bonchev–Trinajstić information content (AvgIpc) is 2.17. The van der Waals surface area contributed by atoms with Crippen LogP contribution in [0.5, 0.6) is 0 Å². The Hall–Kier alpha value is -0.720. The molecule has 0 fully saturated rings. The fourth-order valence-corrected chi connectivity index (χ4v) is 1.04. The first kappa shape index (κ1) is 9.37. The van der Waals surface area contributed by atoms with E-state index in [0.29, 0.717) is 0 Å². The van der Waals surface area contributed by atoms with Crippen molar-refractivity contribution in [2.75, 3.05) is 7.11 Å². The molecule has 0 aliphatic rings. The predicted octanol–water partition coefficient (Wildman–Crippen LogP) is 1.20. The number of halogens is 1. The Labute approximate surface area is 83.5 Å². The van der Waals surface area contributed by atoms with Crippen molar-refractivity contribution in [2.24, 2.45) is 0 Å². The summed E-state index contributed by atoms with van der Waals surface area (Å²) in [6, 6.07) is 0. The zero-order chi connectivity index (χ0) is 8.97. The number of alkyl halides is 1. The Morgan fingerprint density at radius 2 is 2.42 bits per heavy atom. The van der Waals surface area contributed by atoms with Gasteiger partial charge in [0, 0.05) is 10.6 Å². The Kier molecular flexibility index (Phi) is 3.39. The van der Waals surface area contributed by atoms with Crippen LogP contribution < -0.4 is 0 Å². The molecule has 0 aliphatic carbocycles. The van der Waals surface area contributed by atoms with Crippen molar-refractivity contribution >= 4 is 28.6 Å². The molecule has 1 aromatic heterocycles. The molecule has 64 valence electrons. The molecule has 0 saturated heterocycles. The van der Waals surface area contributed by atoms with Gasteiger partial charge in [-0.05, 0) is 0 Å². The number of nitrogens with zero attached hydrogens (tertiary/aromatic N) is 2. The van der Waals surface area contributed by atoms with Gasteiger partial charge in [-0.3, -0.25) is 4.98 Å². The first-order valence-corrected chi connectivity index (χ1v) is 4.75. The number of ether oxygens (including phenoxy) is 1. The minimum absolute atomic E-state index is 0.256. The highest BCUT2D eigenvalue weighted by atomic mass is 127. The topological polar surface area (TPSA) is 52.1 Å². The average molecular weight is 278 g/mol. The van der Waals surface area contributed by atoms with Crippen molar-refractivity contribution in [1.82, 2.24) is 9.97 Å². The van der Waals surface area contributed by atoms with E-state index < -0.39 is 5.97 Å². The molecule has 1 aromatic rings. The Morgan fingerprint density at radius 3 is 3.00 bits per heavy atom. The van der Waals surface area contributed by atoms with Crippen LogP contribution in [0.2, 0.25) is 0 Å². The van der Waals surface area contributed by atoms with Gasteiger partial charge in [-0.1, -0.05) is 22.6 Å². The number of carbonyl (C=O) groups is 1. The number of rotatable bonds is 2. The van der Waals surface area contributed by atoms with Crippen LogP contribution in [-0.2, 0) is 9.16 Å². The Balaban J connectivity index is 2.93. The van der Waals surface area contributed by atoms with E-state index in [-0.39, 0.29) is 5.69 Å². The van der Waals surface area contributed by atoms with Gasteiger partial charge in [0.2, 0.25) is 0 Å². The fourth-order valence-electron chi connectivity index (χ4n) is 0.674. The minimum Gasteiger partial charge on any atom is -0.464 e. The van der Waals surface area contributed by atoms with Crippen LogP contribution in [0.1, 0.15) is 16.2 Å². The zero-order valence-electron chi connectivity index (χ0n) is 6.45. The molecule has 0 spiro atoms. The van der Waals surface area contributed by atoms with E-state index in [1.165, 1.54) is 13.3 Å². The van der Waals surface area contributed by atoms with Crippen LogP contribution in [0.15, 0.2) is 12.4 Å². The van der Waals surface area contributed by atoms with Crippen molar-refractivity contribution < 1.29 is 9.53 Å². The quantitative estimate of drug-likeness (QED) is 0.463. The van der Waals surface area contributed by atoms with E-state index in [4.69, 9.17) is 0 Å². The Bertz CT molecular complexity index is 290. The van der Waals surface area contributed by atoms with Crippen LogP contribution in [-0.4, -0.2) is 23.0 Å². The molecule has 12 heavy (non-hydrogen) atoms. The smallest absolute Gasteiger partial charge is 0.358 e. The second-order valence-electron chi connectivity index (χ2n) is 2.02. The maximum absolute atomic E-state index is 11.0. The summed E-state index contributed by atoms with van der Waals surface area (Å²) in [7, 11) is 1.32. The van der Waals surface area contributed by atoms with Gasteiger partial charge in [0.05, 0.1) is 19.0 Å². The number of hydrogen-bond acceptors (Lipinski definition) is 4. The lowest BCUT2D eigenvalue weighted by Gasteiger charge is -1.98. The van der Waals surface area contributed by atoms with Crippen molar-refractivity contribution in [1.29, 1.82) is 0 Å². The van der Waals surface area contributed by atoms with Crippen molar-refractivity contribution in [3.8, 4) is 0 Å². The molecular weight excluding hydrogens is 271 g/mol. The Morgan fingerprint density at radius 1 is 1.67 bits per heavy atom. The van der Waals surface area contributed by atoms with Crippen molar-refractivity contribution in [3.63, 3.8) is 0 Å². The van der Waals surface area contributed by atoms with Gasteiger partial charge in [0.25, 0.3) is 0 Å². The molecule has 0 saturated carbocycles. The lowest BCUT2D eigenvalue weighted by atomic mass is 10.4. The molecule has 0 N–H and O–H groups in total. The number of esters is 1. The first-order chi connectivity index (χ1) is 5.77. The van der Waals surface area contributed by atoms with Crippen LogP contribution in [0.4, 0.5) is 0 Å². The summed E-state index contributed by atoms with van der Waals surface area (Å²) in [6.07, 6.45) is 3.01. The fraction of sp³-hybridized carbons (Fsp3) is 0.286. The molecule has 1 heterocycles. The molecule has 0 aliphatic heterocycles. The monoisotopic (exact) mass is 278 g/mol. The summed E-state index contributed by atoms with van der Waals surface area (Å²) in [5.41, 5.74) is 1.03. The predicted molar refractivity (Wildman–Crippen MR) is 51.1 cm³/mol. The molecular formula is C7H7IN2O2. The lowest BCUT2D eigenvalue weighted by molar-refractivity contribution is 0.0593. The first-order valence-electron chi connectivity index (χ1n) is 3.23. The molecule has 0 amide bonds. The molecule has 5 heteroatoms. The molecule has 0 bridgehead atoms. The van der Waals surface area contributed by atoms with E-state index >= 15 is 0 Å². The largest absolute Gasteiger partial charge is 0.464 e. The van der Waals surface area contributed by atoms with Gasteiger partial charge in [-0.25, -0.2) is 9.78 Å². The van der Waals surface area contributed by atoms with Crippen molar-refractivity contribution in [3.05, 3.63) is 23.8 Å². The highest BCUT2D eigenvalue weighted by molar-refractivity contribution is 14.1. The van der Waals surface area contributed by atoms with Crippen LogP contribution >= 0.6 is 22.6 Å². The molecule has 0 unspecified atom stereocenters. The second-order valence-corrected chi connectivity index (χ2v) is 2.78. The third-order valence-electron chi connectivity index (χ3n) is 1.22. The van der Waals surface area contributed by atoms with E-state index in [2.05, 4.69) is 37.3 Å². The van der Waals surface area contributed by atoms with E-state index in [1.807, 2.05) is 0 Å². The molecule has 0 atom stereocenters. The van der Waals surface area contributed by atoms with Crippen molar-refractivity contribution in [2.45, 2.75) is 4.43 Å². The van der Waals surface area contributed by atoms with E-state index in [0.717, 1.165) is 10.1 Å². The summed E-state index contributed by atoms with van der Waals surface area (Å²) < 4.78 is 5.22. The van der Waals surface area contributed by atoms with E-state index in [1.54, 1.807) is 6.20 Å². The summed E-state index contributed by atoms with van der Waals surface area (Å²) in [5.74, 6) is -0.450. The number of methoxy groups -OCH3 is 1. The molecule has 4 nitrogen and oxygen atoms in total.